The van der Waals surface area contributed by atoms with Gasteiger partial charge < -0.3 is 20.6 Å². The lowest BCUT2D eigenvalue weighted by Crippen LogP contribution is -2.41. The third-order valence-electron chi connectivity index (χ3n) is 2.83. The predicted molar refractivity (Wildman–Crippen MR) is 78.3 cm³/mol. The Labute approximate surface area is 118 Å². The molecule has 1 aromatic rings. The molecule has 110 valence electrons. The number of nitrogens with one attached hydrogen (secondary N) is 2. The fraction of sp³-hybridized carbons (Fsp3) is 0.429. The second-order valence-electron chi connectivity index (χ2n) is 5.05. The number of amides is 2. The first-order valence-corrected chi connectivity index (χ1v) is 6.36. The van der Waals surface area contributed by atoms with Crippen LogP contribution in [0.25, 0.3) is 0 Å². The number of carbonyl (C=O) groups excluding carboxylic acids is 1. The van der Waals surface area contributed by atoms with E-state index in [1.165, 1.54) is 6.07 Å². The maximum absolute atomic E-state index is 11.8. The topological polar surface area (TPSA) is 81.7 Å². The Morgan fingerprint density at radius 2 is 2.00 bits per heavy atom. The molecule has 20 heavy (non-hydrogen) atoms. The first-order valence-electron chi connectivity index (χ1n) is 6.36. The molecule has 0 radical (unpaired) electrons. The van der Waals surface area contributed by atoms with Crippen LogP contribution < -0.4 is 10.6 Å². The van der Waals surface area contributed by atoms with Crippen LogP contribution >= 0.6 is 0 Å². The first kappa shape index (κ1) is 16.0. The van der Waals surface area contributed by atoms with E-state index in [9.17, 15) is 9.59 Å². The van der Waals surface area contributed by atoms with Crippen LogP contribution in [0.15, 0.2) is 18.2 Å². The van der Waals surface area contributed by atoms with Crippen molar-refractivity contribution in [2.24, 2.45) is 0 Å². The van der Waals surface area contributed by atoms with Crippen molar-refractivity contribution in [3.8, 4) is 0 Å². The molecule has 1 aromatic carbocycles. The highest BCUT2D eigenvalue weighted by Crippen LogP contribution is 2.18. The number of carbonyl (C=O) groups is 2. The van der Waals surface area contributed by atoms with E-state index >= 15 is 0 Å². The van der Waals surface area contributed by atoms with E-state index < -0.39 is 5.97 Å². The van der Waals surface area contributed by atoms with E-state index in [4.69, 9.17) is 5.11 Å². The van der Waals surface area contributed by atoms with E-state index in [1.807, 2.05) is 25.9 Å². The predicted octanol–water partition coefficient (Wildman–Crippen LogP) is 1.76. The summed E-state index contributed by atoms with van der Waals surface area (Å²) in [7, 11) is 3.85. The summed E-state index contributed by atoms with van der Waals surface area (Å²) in [6.07, 6.45) is 0. The summed E-state index contributed by atoms with van der Waals surface area (Å²) < 4.78 is 0. The summed E-state index contributed by atoms with van der Waals surface area (Å²) in [6.45, 7) is 4.30. The summed E-state index contributed by atoms with van der Waals surface area (Å²) in [5, 5.41) is 14.5. The lowest BCUT2D eigenvalue weighted by molar-refractivity contribution is 0.0696. The van der Waals surface area contributed by atoms with Gasteiger partial charge >= 0.3 is 12.0 Å². The molecule has 0 fully saturated rings. The fourth-order valence-corrected chi connectivity index (χ4v) is 1.98. The summed E-state index contributed by atoms with van der Waals surface area (Å²) in [5.41, 5.74) is 1.22. The zero-order chi connectivity index (χ0) is 15.3. The molecule has 6 nitrogen and oxygen atoms in total. The quantitative estimate of drug-likeness (QED) is 0.767. The molecule has 0 aliphatic heterocycles. The molecule has 1 rings (SSSR count). The Kier molecular flexibility index (Phi) is 5.52. The fourth-order valence-electron chi connectivity index (χ4n) is 1.98. The molecule has 0 saturated carbocycles. The normalized spacial score (nSPS) is 12.1. The summed E-state index contributed by atoms with van der Waals surface area (Å²) in [5.74, 6) is -1.01. The molecule has 0 aliphatic carbocycles. The van der Waals surface area contributed by atoms with Crippen LogP contribution in [0.3, 0.4) is 0 Å². The molecule has 6 heteroatoms. The Morgan fingerprint density at radius 3 is 2.55 bits per heavy atom. The summed E-state index contributed by atoms with van der Waals surface area (Å²) >= 11 is 0. The number of likely N-dealkylation sites (N-methyl/N-ethyl adjacent to an activating group) is 1. The van der Waals surface area contributed by atoms with Gasteiger partial charge in [0.05, 0.1) is 5.56 Å². The third-order valence-corrected chi connectivity index (χ3v) is 2.83. The zero-order valence-corrected chi connectivity index (χ0v) is 12.2. The smallest absolute Gasteiger partial charge is 0.336 e. The highest BCUT2D eigenvalue weighted by atomic mass is 16.4. The number of hydrogen-bond donors (Lipinski definition) is 3. The molecule has 0 spiro atoms. The van der Waals surface area contributed by atoms with Crippen molar-refractivity contribution in [1.29, 1.82) is 0 Å². The van der Waals surface area contributed by atoms with E-state index in [0.717, 1.165) is 6.54 Å². The number of benzene rings is 1. The number of carboxylic acids is 1. The Balaban J connectivity index is 2.71. The second kappa shape index (κ2) is 6.91. The van der Waals surface area contributed by atoms with Gasteiger partial charge in [-0.1, -0.05) is 6.07 Å². The summed E-state index contributed by atoms with van der Waals surface area (Å²) in [4.78, 5) is 24.8. The molecule has 0 aromatic heterocycles. The Hall–Kier alpha value is -2.08. The van der Waals surface area contributed by atoms with E-state index in [2.05, 4.69) is 10.6 Å². The standard InChI is InChI=1S/C14H21N3O3/c1-9(8-17(3)4)15-14(20)16-12-7-5-6-11(10(12)2)13(18)19/h5-7,9H,8H2,1-4H3,(H,18,19)(H2,15,16,20). The van der Waals surface area contributed by atoms with Crippen LogP contribution in [0.4, 0.5) is 10.5 Å². The van der Waals surface area contributed by atoms with Crippen LogP contribution in [0.1, 0.15) is 22.8 Å². The number of anilines is 1. The molecule has 3 N–H and O–H groups in total. The largest absolute Gasteiger partial charge is 0.478 e. The van der Waals surface area contributed by atoms with Gasteiger partial charge in [-0.25, -0.2) is 9.59 Å². The third kappa shape index (κ3) is 4.55. The van der Waals surface area contributed by atoms with Crippen molar-refractivity contribution in [3.05, 3.63) is 29.3 Å². The van der Waals surface area contributed by atoms with Crippen molar-refractivity contribution in [2.45, 2.75) is 19.9 Å². The number of urea groups is 1. The van der Waals surface area contributed by atoms with Crippen molar-refractivity contribution in [1.82, 2.24) is 10.2 Å². The minimum Gasteiger partial charge on any atom is -0.478 e. The SMILES string of the molecule is Cc1c(NC(=O)NC(C)CN(C)C)cccc1C(=O)O. The number of carboxylic acid groups (broad SMARTS) is 1. The molecule has 0 saturated heterocycles. The van der Waals surface area contributed by atoms with Gasteiger partial charge in [0.1, 0.15) is 0 Å². The van der Waals surface area contributed by atoms with Crippen LogP contribution in [-0.2, 0) is 0 Å². The van der Waals surface area contributed by atoms with Crippen molar-refractivity contribution in [2.75, 3.05) is 26.0 Å². The monoisotopic (exact) mass is 279 g/mol. The highest BCUT2D eigenvalue weighted by Gasteiger charge is 2.13. The second-order valence-corrected chi connectivity index (χ2v) is 5.05. The van der Waals surface area contributed by atoms with E-state index in [0.29, 0.717) is 11.3 Å². The van der Waals surface area contributed by atoms with Gasteiger partial charge in [-0.2, -0.15) is 0 Å². The van der Waals surface area contributed by atoms with Crippen LogP contribution in [0, 0.1) is 6.92 Å². The minimum atomic E-state index is -1.01. The summed E-state index contributed by atoms with van der Waals surface area (Å²) in [6, 6.07) is 4.45. The molecule has 0 bridgehead atoms. The van der Waals surface area contributed by atoms with Gasteiger partial charge in [0, 0.05) is 18.3 Å². The van der Waals surface area contributed by atoms with Crippen molar-refractivity contribution in [3.63, 3.8) is 0 Å². The highest BCUT2D eigenvalue weighted by molar-refractivity contribution is 5.95. The van der Waals surface area contributed by atoms with Crippen LogP contribution in [-0.4, -0.2) is 48.7 Å². The van der Waals surface area contributed by atoms with Gasteiger partial charge in [0.2, 0.25) is 0 Å². The number of hydrogen-bond acceptors (Lipinski definition) is 3. The van der Waals surface area contributed by atoms with E-state index in [-0.39, 0.29) is 17.6 Å². The molecule has 0 heterocycles. The number of nitrogens with zero attached hydrogens (tertiary/aromatic N) is 1. The van der Waals surface area contributed by atoms with Gasteiger partial charge in [0.15, 0.2) is 0 Å². The maximum atomic E-state index is 11.8. The van der Waals surface area contributed by atoms with Gasteiger partial charge in [-0.3, -0.25) is 0 Å². The molecule has 0 aliphatic rings. The molecular weight excluding hydrogens is 258 g/mol. The van der Waals surface area contributed by atoms with Gasteiger partial charge in [-0.05, 0) is 45.6 Å². The molecule has 1 unspecified atom stereocenters. The van der Waals surface area contributed by atoms with Gasteiger partial charge in [0.25, 0.3) is 0 Å². The van der Waals surface area contributed by atoms with Crippen molar-refractivity contribution < 1.29 is 14.7 Å². The number of rotatable bonds is 5. The van der Waals surface area contributed by atoms with Crippen molar-refractivity contribution >= 4 is 17.7 Å². The first-order chi connectivity index (χ1) is 9.31. The lowest BCUT2D eigenvalue weighted by atomic mass is 10.1. The average molecular weight is 279 g/mol. The lowest BCUT2D eigenvalue weighted by Gasteiger charge is -2.19. The zero-order valence-electron chi connectivity index (χ0n) is 12.2. The maximum Gasteiger partial charge on any atom is 0.336 e. The number of aromatic carboxylic acids is 1. The Morgan fingerprint density at radius 1 is 1.35 bits per heavy atom. The van der Waals surface area contributed by atoms with Crippen LogP contribution in [0.5, 0.6) is 0 Å². The average Bonchev–Trinajstić information content (AvgIpc) is 2.29. The minimum absolute atomic E-state index is 0.00652. The van der Waals surface area contributed by atoms with Crippen LogP contribution in [0.2, 0.25) is 0 Å². The molecule has 2 amide bonds. The molecular formula is C14H21N3O3. The van der Waals surface area contributed by atoms with Gasteiger partial charge in [-0.15, -0.1) is 0 Å². The molecule has 1 atom stereocenters. The van der Waals surface area contributed by atoms with E-state index in [1.54, 1.807) is 19.1 Å². The Bertz CT molecular complexity index is 500.